The number of nitrogens with zero attached hydrogens (tertiary/aromatic N) is 5. The van der Waals surface area contributed by atoms with Gasteiger partial charge in [0.15, 0.2) is 17.2 Å². The summed E-state index contributed by atoms with van der Waals surface area (Å²) in [5.41, 5.74) is 9.01. The largest absolute Gasteiger partial charge is 0.497 e. The van der Waals surface area contributed by atoms with Crippen molar-refractivity contribution in [3.05, 3.63) is 66.6 Å². The Morgan fingerprint density at radius 1 is 1.00 bits per heavy atom. The standard InChI is InChI=1S/C19H15FN6O/c1-27-15-8-6-14(7-9-15)23-24-17-18(21)25-26-16(10-11-22-19(17)26)12-2-4-13(20)5-3-12/h2-11H,1H3,(H2,21,25). The van der Waals surface area contributed by atoms with Crippen LogP contribution in [-0.4, -0.2) is 21.7 Å². The zero-order chi connectivity index (χ0) is 18.8. The van der Waals surface area contributed by atoms with Crippen LogP contribution in [0.25, 0.3) is 16.9 Å². The maximum absolute atomic E-state index is 13.2. The van der Waals surface area contributed by atoms with Crippen molar-refractivity contribution in [2.75, 3.05) is 12.8 Å². The Kier molecular flexibility index (Phi) is 4.21. The van der Waals surface area contributed by atoms with Crippen molar-refractivity contribution in [1.29, 1.82) is 0 Å². The zero-order valence-corrected chi connectivity index (χ0v) is 14.4. The molecule has 2 aromatic heterocycles. The van der Waals surface area contributed by atoms with Gasteiger partial charge in [-0.15, -0.1) is 10.2 Å². The minimum atomic E-state index is -0.307. The van der Waals surface area contributed by atoms with Gasteiger partial charge in [0.25, 0.3) is 0 Å². The molecule has 0 bridgehead atoms. The van der Waals surface area contributed by atoms with Gasteiger partial charge in [-0.05, 0) is 54.6 Å². The van der Waals surface area contributed by atoms with Crippen LogP contribution >= 0.6 is 0 Å². The first-order valence-corrected chi connectivity index (χ1v) is 8.10. The molecule has 0 aliphatic heterocycles. The highest BCUT2D eigenvalue weighted by molar-refractivity contribution is 5.78. The first kappa shape index (κ1) is 16.6. The number of aromatic nitrogens is 3. The van der Waals surface area contributed by atoms with Gasteiger partial charge in [0.05, 0.1) is 18.5 Å². The smallest absolute Gasteiger partial charge is 0.185 e. The normalized spacial score (nSPS) is 11.3. The molecule has 0 aliphatic carbocycles. The molecule has 0 spiro atoms. The molecule has 4 rings (SSSR count). The summed E-state index contributed by atoms with van der Waals surface area (Å²) in [6.07, 6.45) is 1.63. The number of fused-ring (bicyclic) bond motifs is 1. The molecular weight excluding hydrogens is 347 g/mol. The lowest BCUT2D eigenvalue weighted by Crippen LogP contribution is -1.96. The lowest BCUT2D eigenvalue weighted by Gasteiger charge is -2.04. The van der Waals surface area contributed by atoms with E-state index >= 15 is 0 Å². The van der Waals surface area contributed by atoms with Crippen molar-refractivity contribution in [1.82, 2.24) is 14.6 Å². The predicted molar refractivity (Wildman–Crippen MR) is 100.0 cm³/mol. The highest BCUT2D eigenvalue weighted by Gasteiger charge is 2.14. The van der Waals surface area contributed by atoms with Crippen molar-refractivity contribution < 1.29 is 9.13 Å². The number of benzene rings is 2. The van der Waals surface area contributed by atoms with Gasteiger partial charge in [-0.25, -0.2) is 13.9 Å². The van der Waals surface area contributed by atoms with Gasteiger partial charge < -0.3 is 10.5 Å². The molecule has 27 heavy (non-hydrogen) atoms. The molecule has 0 fully saturated rings. The SMILES string of the molecule is COc1ccc(N=Nc2c(N)nn3c(-c4ccc(F)cc4)ccnc23)cc1. The summed E-state index contributed by atoms with van der Waals surface area (Å²) in [7, 11) is 1.60. The minimum Gasteiger partial charge on any atom is -0.497 e. The summed E-state index contributed by atoms with van der Waals surface area (Å²) in [5, 5.41) is 12.7. The number of rotatable bonds is 4. The van der Waals surface area contributed by atoms with Crippen LogP contribution in [0.5, 0.6) is 5.75 Å². The molecule has 134 valence electrons. The zero-order valence-electron chi connectivity index (χ0n) is 14.4. The summed E-state index contributed by atoms with van der Waals surface area (Å²) >= 11 is 0. The molecule has 2 N–H and O–H groups in total. The predicted octanol–water partition coefficient (Wildman–Crippen LogP) is 4.54. The Morgan fingerprint density at radius 2 is 1.74 bits per heavy atom. The number of hydrogen-bond donors (Lipinski definition) is 1. The van der Waals surface area contributed by atoms with E-state index in [1.54, 1.807) is 60.3 Å². The van der Waals surface area contributed by atoms with E-state index in [-0.39, 0.29) is 11.6 Å². The second-order valence-corrected chi connectivity index (χ2v) is 5.70. The van der Waals surface area contributed by atoms with Crippen molar-refractivity contribution in [2.45, 2.75) is 0 Å². The average Bonchev–Trinajstić information content (AvgIpc) is 3.02. The molecule has 0 saturated heterocycles. The van der Waals surface area contributed by atoms with E-state index in [9.17, 15) is 4.39 Å². The minimum absolute atomic E-state index is 0.203. The number of methoxy groups -OCH3 is 1. The Balaban J connectivity index is 1.75. The topological polar surface area (TPSA) is 90.2 Å². The summed E-state index contributed by atoms with van der Waals surface area (Å²) in [5.74, 6) is 0.627. The molecule has 0 atom stereocenters. The van der Waals surface area contributed by atoms with E-state index < -0.39 is 0 Å². The lowest BCUT2D eigenvalue weighted by molar-refractivity contribution is 0.415. The fraction of sp³-hybridized carbons (Fsp3) is 0.0526. The van der Waals surface area contributed by atoms with Crippen molar-refractivity contribution in [3.8, 4) is 17.0 Å². The molecule has 7 nitrogen and oxygen atoms in total. The van der Waals surface area contributed by atoms with Crippen LogP contribution in [0.4, 0.5) is 21.6 Å². The number of nitrogen functional groups attached to an aromatic ring is 1. The molecule has 0 saturated carbocycles. The number of ether oxygens (including phenoxy) is 1. The third-order valence-corrected chi connectivity index (χ3v) is 4.00. The lowest BCUT2D eigenvalue weighted by atomic mass is 10.1. The number of halogens is 1. The maximum atomic E-state index is 13.2. The Labute approximate surface area is 154 Å². The molecular formula is C19H15FN6O. The first-order chi connectivity index (χ1) is 13.2. The highest BCUT2D eigenvalue weighted by atomic mass is 19.1. The van der Waals surface area contributed by atoms with E-state index in [1.165, 1.54) is 12.1 Å². The van der Waals surface area contributed by atoms with Crippen LogP contribution in [0.15, 0.2) is 71.0 Å². The van der Waals surface area contributed by atoms with Crippen LogP contribution in [0.1, 0.15) is 0 Å². The molecule has 8 heteroatoms. The summed E-state index contributed by atoms with van der Waals surface area (Å²) in [6.45, 7) is 0. The van der Waals surface area contributed by atoms with Crippen LogP contribution in [0.2, 0.25) is 0 Å². The van der Waals surface area contributed by atoms with Gasteiger partial charge in [-0.1, -0.05) is 0 Å². The molecule has 0 aliphatic rings. The summed E-state index contributed by atoms with van der Waals surface area (Å²) < 4.78 is 19.9. The van der Waals surface area contributed by atoms with Gasteiger partial charge in [-0.2, -0.15) is 5.11 Å². The third kappa shape index (κ3) is 3.20. The highest BCUT2D eigenvalue weighted by Crippen LogP contribution is 2.31. The van der Waals surface area contributed by atoms with Crippen molar-refractivity contribution in [2.24, 2.45) is 10.2 Å². The fourth-order valence-corrected chi connectivity index (χ4v) is 2.64. The van der Waals surface area contributed by atoms with Gasteiger partial charge >= 0.3 is 0 Å². The first-order valence-electron chi connectivity index (χ1n) is 8.10. The van der Waals surface area contributed by atoms with Gasteiger partial charge in [-0.3, -0.25) is 0 Å². The summed E-state index contributed by atoms with van der Waals surface area (Å²) in [6, 6.07) is 15.0. The molecule has 0 amide bonds. The summed E-state index contributed by atoms with van der Waals surface area (Å²) in [4.78, 5) is 4.32. The molecule has 0 unspecified atom stereocenters. The average molecular weight is 362 g/mol. The molecule has 2 heterocycles. The Bertz CT molecular complexity index is 1120. The molecule has 4 aromatic rings. The number of hydrogen-bond acceptors (Lipinski definition) is 6. The quantitative estimate of drug-likeness (QED) is 0.540. The van der Waals surface area contributed by atoms with E-state index in [0.717, 1.165) is 17.0 Å². The Morgan fingerprint density at radius 3 is 2.44 bits per heavy atom. The van der Waals surface area contributed by atoms with Crippen LogP contribution in [-0.2, 0) is 0 Å². The van der Waals surface area contributed by atoms with Crippen LogP contribution in [0, 0.1) is 5.82 Å². The maximum Gasteiger partial charge on any atom is 0.185 e. The van der Waals surface area contributed by atoms with E-state index in [1.807, 2.05) is 0 Å². The van der Waals surface area contributed by atoms with E-state index in [0.29, 0.717) is 17.0 Å². The van der Waals surface area contributed by atoms with Crippen LogP contribution < -0.4 is 10.5 Å². The fourth-order valence-electron chi connectivity index (χ4n) is 2.64. The van der Waals surface area contributed by atoms with Crippen LogP contribution in [0.3, 0.4) is 0 Å². The number of nitrogens with two attached hydrogens (primary N) is 1. The van der Waals surface area contributed by atoms with Gasteiger partial charge in [0, 0.05) is 11.8 Å². The van der Waals surface area contributed by atoms with E-state index in [2.05, 4.69) is 20.3 Å². The van der Waals surface area contributed by atoms with Crippen molar-refractivity contribution >= 4 is 22.8 Å². The van der Waals surface area contributed by atoms with Gasteiger partial charge in [0.2, 0.25) is 0 Å². The number of anilines is 1. The second kappa shape index (κ2) is 6.83. The molecule has 0 radical (unpaired) electrons. The van der Waals surface area contributed by atoms with Crippen molar-refractivity contribution in [3.63, 3.8) is 0 Å². The van der Waals surface area contributed by atoms with Gasteiger partial charge in [0.1, 0.15) is 11.6 Å². The molecule has 2 aromatic carbocycles. The second-order valence-electron chi connectivity index (χ2n) is 5.70. The third-order valence-electron chi connectivity index (χ3n) is 4.00. The number of azo groups is 1. The van der Waals surface area contributed by atoms with E-state index in [4.69, 9.17) is 10.5 Å². The Hall–Kier alpha value is -3.81. The monoisotopic (exact) mass is 362 g/mol.